The number of rotatable bonds is 8. The fraction of sp³-hybridized carbons (Fsp3) is 0.250. The highest BCUT2D eigenvalue weighted by molar-refractivity contribution is 9.11. The van der Waals surface area contributed by atoms with Crippen molar-refractivity contribution in [3.05, 3.63) is 98.9 Å². The van der Waals surface area contributed by atoms with Gasteiger partial charge in [0.1, 0.15) is 0 Å². The first-order chi connectivity index (χ1) is 16.2. The maximum absolute atomic E-state index is 14.0. The van der Waals surface area contributed by atoms with Gasteiger partial charge in [-0.3, -0.25) is 0 Å². The Bertz CT molecular complexity index is 1350. The summed E-state index contributed by atoms with van der Waals surface area (Å²) in [6.07, 6.45) is 0. The van der Waals surface area contributed by atoms with Crippen LogP contribution in [0.2, 0.25) is 0 Å². The molecule has 1 N–H and O–H groups in total. The molecule has 0 saturated carbocycles. The van der Waals surface area contributed by atoms with Crippen molar-refractivity contribution in [3.63, 3.8) is 0 Å². The van der Waals surface area contributed by atoms with E-state index in [2.05, 4.69) is 37.2 Å². The lowest BCUT2D eigenvalue weighted by atomic mass is 10.1. The molecule has 6 nitrogen and oxygen atoms in total. The molecule has 0 unspecified atom stereocenters. The summed E-state index contributed by atoms with van der Waals surface area (Å²) in [5, 5.41) is 3.31. The van der Waals surface area contributed by atoms with Crippen molar-refractivity contribution in [2.45, 2.75) is 30.1 Å². The molecular weight excluding hydrogens is 604 g/mol. The maximum atomic E-state index is 14.0. The van der Waals surface area contributed by atoms with Gasteiger partial charge in [0, 0.05) is 28.1 Å². The number of hydrogen-bond acceptors (Lipinski definition) is 5. The van der Waals surface area contributed by atoms with Crippen molar-refractivity contribution in [2.75, 3.05) is 11.5 Å². The quantitative estimate of drug-likeness (QED) is 0.401. The largest absolute Gasteiger partial charge is 0.307 e. The van der Waals surface area contributed by atoms with E-state index in [0.717, 1.165) is 11.1 Å². The predicted molar refractivity (Wildman–Crippen MR) is 141 cm³/mol. The van der Waals surface area contributed by atoms with Crippen LogP contribution < -0.4 is 5.32 Å². The molecule has 2 atom stereocenters. The first-order valence-electron chi connectivity index (χ1n) is 10.6. The zero-order valence-electron chi connectivity index (χ0n) is 18.1. The molecule has 0 aliphatic carbocycles. The second-order valence-corrected chi connectivity index (χ2v) is 14.0. The van der Waals surface area contributed by atoms with Crippen LogP contribution in [0, 0.1) is 0 Å². The Morgan fingerprint density at radius 1 is 0.882 bits per heavy atom. The minimum atomic E-state index is -4.05. The third kappa shape index (κ3) is 5.98. The summed E-state index contributed by atoms with van der Waals surface area (Å²) in [6.45, 7) is 0.503. The summed E-state index contributed by atoms with van der Waals surface area (Å²) < 4.78 is 55.8. The molecule has 0 amide bonds. The number of nitrogens with one attached hydrogen (secondary N) is 1. The summed E-state index contributed by atoms with van der Waals surface area (Å²) in [5.41, 5.74) is 1.78. The summed E-state index contributed by atoms with van der Waals surface area (Å²) in [5.74, 6) is -0.359. The SMILES string of the molecule is O=S1(=O)C[C@@H](N(Cc2ccccc2)S(=O)(=O)c2cc(Br)ccc2Br)[C@H](NCc2ccccc2)C1. The Kier molecular flexibility index (Phi) is 7.95. The number of hydrogen-bond donors (Lipinski definition) is 1. The van der Waals surface area contributed by atoms with Crippen molar-refractivity contribution in [2.24, 2.45) is 0 Å². The maximum Gasteiger partial charge on any atom is 0.244 e. The molecule has 1 aliphatic rings. The lowest BCUT2D eigenvalue weighted by molar-refractivity contribution is 0.286. The lowest BCUT2D eigenvalue weighted by Crippen LogP contribution is -2.51. The number of halogens is 2. The van der Waals surface area contributed by atoms with Crippen LogP contribution in [0.4, 0.5) is 0 Å². The smallest absolute Gasteiger partial charge is 0.244 e. The van der Waals surface area contributed by atoms with Crippen molar-refractivity contribution in [1.82, 2.24) is 9.62 Å². The Labute approximate surface area is 217 Å². The third-order valence-corrected chi connectivity index (χ3v) is 10.8. The van der Waals surface area contributed by atoms with Crippen LogP contribution in [-0.4, -0.2) is 44.7 Å². The molecule has 3 aromatic carbocycles. The van der Waals surface area contributed by atoms with Gasteiger partial charge in [-0.05, 0) is 45.3 Å². The van der Waals surface area contributed by atoms with Gasteiger partial charge in [0.25, 0.3) is 0 Å². The van der Waals surface area contributed by atoms with Crippen LogP contribution >= 0.6 is 31.9 Å². The van der Waals surface area contributed by atoms with Gasteiger partial charge in [-0.15, -0.1) is 0 Å². The fourth-order valence-electron chi connectivity index (χ4n) is 4.10. The fourth-order valence-corrected chi connectivity index (χ4v) is 9.26. The van der Waals surface area contributed by atoms with Gasteiger partial charge >= 0.3 is 0 Å². The topological polar surface area (TPSA) is 83.6 Å². The summed E-state index contributed by atoms with van der Waals surface area (Å²) >= 11 is 6.72. The van der Waals surface area contributed by atoms with E-state index in [1.54, 1.807) is 12.1 Å². The van der Waals surface area contributed by atoms with Crippen LogP contribution in [-0.2, 0) is 33.0 Å². The van der Waals surface area contributed by atoms with E-state index in [1.165, 1.54) is 10.4 Å². The molecule has 1 aliphatic heterocycles. The highest BCUT2D eigenvalue weighted by Gasteiger charge is 2.45. The lowest BCUT2D eigenvalue weighted by Gasteiger charge is -2.32. The number of sulfonamides is 1. The molecule has 1 fully saturated rings. The standard InChI is InChI=1S/C24H24Br2N2O4S2/c25-20-11-12-21(26)24(13-20)34(31,32)28(15-19-9-5-2-6-10-19)23-17-33(29,30)16-22(23)27-14-18-7-3-1-4-8-18/h1-13,22-23,27H,14-17H2/t22-,23-/m1/s1. The molecule has 1 saturated heterocycles. The first kappa shape index (κ1) is 25.5. The van der Waals surface area contributed by atoms with E-state index in [4.69, 9.17) is 0 Å². The summed E-state index contributed by atoms with van der Waals surface area (Å²) in [7, 11) is -7.49. The summed E-state index contributed by atoms with van der Waals surface area (Å²) in [4.78, 5) is 0.0870. The number of benzene rings is 3. The van der Waals surface area contributed by atoms with Crippen molar-refractivity contribution in [1.29, 1.82) is 0 Å². The van der Waals surface area contributed by atoms with Gasteiger partial charge in [0.05, 0.1) is 22.4 Å². The molecule has 4 rings (SSSR count). The Morgan fingerprint density at radius 3 is 2.15 bits per heavy atom. The zero-order valence-corrected chi connectivity index (χ0v) is 22.9. The highest BCUT2D eigenvalue weighted by Crippen LogP contribution is 2.33. The predicted octanol–water partition coefficient (Wildman–Crippen LogP) is 4.36. The Balaban J connectivity index is 1.74. The average molecular weight is 628 g/mol. The minimum absolute atomic E-state index is 0.0613. The molecule has 0 radical (unpaired) electrons. The monoisotopic (exact) mass is 626 g/mol. The summed E-state index contributed by atoms with van der Waals surface area (Å²) in [6, 6.07) is 22.5. The van der Waals surface area contributed by atoms with Gasteiger partial charge in [-0.25, -0.2) is 16.8 Å². The van der Waals surface area contributed by atoms with Crippen LogP contribution in [0.15, 0.2) is 92.7 Å². The Morgan fingerprint density at radius 2 is 1.50 bits per heavy atom. The van der Waals surface area contributed by atoms with E-state index >= 15 is 0 Å². The van der Waals surface area contributed by atoms with Crippen molar-refractivity contribution < 1.29 is 16.8 Å². The second kappa shape index (κ2) is 10.6. The molecule has 180 valence electrons. The van der Waals surface area contributed by atoms with Crippen molar-refractivity contribution >= 4 is 51.7 Å². The van der Waals surface area contributed by atoms with Crippen LogP contribution in [0.5, 0.6) is 0 Å². The number of sulfone groups is 1. The second-order valence-electron chi connectivity index (χ2n) is 8.23. The molecule has 34 heavy (non-hydrogen) atoms. The molecule has 0 spiro atoms. The highest BCUT2D eigenvalue weighted by atomic mass is 79.9. The van der Waals surface area contributed by atoms with E-state index in [1.807, 2.05) is 60.7 Å². The van der Waals surface area contributed by atoms with Crippen molar-refractivity contribution in [3.8, 4) is 0 Å². The average Bonchev–Trinajstić information content (AvgIpc) is 3.12. The third-order valence-electron chi connectivity index (χ3n) is 5.76. The van der Waals surface area contributed by atoms with E-state index in [0.29, 0.717) is 15.5 Å². The van der Waals surface area contributed by atoms with E-state index < -0.39 is 31.9 Å². The van der Waals surface area contributed by atoms with Gasteiger partial charge in [-0.2, -0.15) is 4.31 Å². The molecule has 10 heteroatoms. The molecule has 0 aromatic heterocycles. The minimum Gasteiger partial charge on any atom is -0.307 e. The van der Waals surface area contributed by atoms with Crippen LogP contribution in [0.3, 0.4) is 0 Å². The number of nitrogens with zero attached hydrogens (tertiary/aromatic N) is 1. The van der Waals surface area contributed by atoms with Gasteiger partial charge in [0.2, 0.25) is 10.0 Å². The zero-order chi connectivity index (χ0) is 24.3. The van der Waals surface area contributed by atoms with Gasteiger partial charge in [0.15, 0.2) is 9.84 Å². The van der Waals surface area contributed by atoms with E-state index in [9.17, 15) is 16.8 Å². The van der Waals surface area contributed by atoms with Gasteiger partial charge < -0.3 is 5.32 Å². The van der Waals surface area contributed by atoms with Gasteiger partial charge in [-0.1, -0.05) is 76.6 Å². The normalized spacial score (nSPS) is 20.0. The molecule has 3 aromatic rings. The van der Waals surface area contributed by atoms with E-state index in [-0.39, 0.29) is 22.9 Å². The molecule has 0 bridgehead atoms. The molecular formula is C24H24Br2N2O4S2. The van der Waals surface area contributed by atoms with Crippen LogP contribution in [0.25, 0.3) is 0 Å². The van der Waals surface area contributed by atoms with Crippen LogP contribution in [0.1, 0.15) is 11.1 Å². The first-order valence-corrected chi connectivity index (χ1v) is 15.5. The molecule has 1 heterocycles. The Hall–Kier alpha value is -1.56.